The average Bonchev–Trinajstić information content (AvgIpc) is 2.96. The van der Waals surface area contributed by atoms with Gasteiger partial charge in [-0.1, -0.05) is 79.7 Å². The lowest BCUT2D eigenvalue weighted by atomic mass is 10.1. The molecule has 0 bridgehead atoms. The highest BCUT2D eigenvalue weighted by Gasteiger charge is 2.31. The number of hydrogen-bond acceptors (Lipinski definition) is 4. The van der Waals surface area contributed by atoms with Gasteiger partial charge < -0.3 is 5.32 Å². The minimum Gasteiger partial charge on any atom is -0.355 e. The molecule has 1 aliphatic rings. The monoisotopic (exact) mass is 581 g/mol. The van der Waals surface area contributed by atoms with Gasteiger partial charge in [-0.05, 0) is 60.9 Å². The van der Waals surface area contributed by atoms with Crippen molar-refractivity contribution < 1.29 is 22.8 Å². The normalized spacial score (nSPS) is 14.4. The molecule has 3 aromatic carbocycles. The van der Waals surface area contributed by atoms with Crippen LogP contribution in [0.5, 0.6) is 0 Å². The quantitative estimate of drug-likeness (QED) is 0.185. The number of nitrogens with zero attached hydrogens (tertiary/aromatic N) is 2. The van der Waals surface area contributed by atoms with Crippen LogP contribution in [0.3, 0.4) is 0 Å². The number of para-hydroxylation sites is 1. The minimum atomic E-state index is -4.43. The Labute approximate surface area is 243 Å². The Bertz CT molecular complexity index is 1340. The molecule has 0 saturated heterocycles. The number of carbonyl (C=O) groups excluding carboxylic acids is 2. The maximum atomic E-state index is 13.4. The SMILES string of the molecule is CCCCN(CCCNC(=O)CN1C(=O)/C(=C/c2ccc(C(F)(F)F)cc2)Sc2ccccc21)Cc1ccccc1. The Morgan fingerprint density at radius 2 is 1.63 bits per heavy atom. The first-order valence-electron chi connectivity index (χ1n) is 13.8. The lowest BCUT2D eigenvalue weighted by Gasteiger charge is -2.30. The summed E-state index contributed by atoms with van der Waals surface area (Å²) in [5, 5.41) is 2.95. The molecule has 0 spiro atoms. The topological polar surface area (TPSA) is 52.7 Å². The van der Waals surface area contributed by atoms with Crippen LogP contribution in [-0.2, 0) is 22.3 Å². The molecule has 1 N–H and O–H groups in total. The molecule has 0 fully saturated rings. The molecule has 5 nitrogen and oxygen atoms in total. The van der Waals surface area contributed by atoms with Crippen molar-refractivity contribution in [3.05, 3.63) is 100 Å². The molecule has 1 aliphatic heterocycles. The van der Waals surface area contributed by atoms with Crippen molar-refractivity contribution in [2.24, 2.45) is 0 Å². The second-order valence-electron chi connectivity index (χ2n) is 9.91. The van der Waals surface area contributed by atoms with Gasteiger partial charge in [0.2, 0.25) is 5.91 Å². The van der Waals surface area contributed by atoms with Gasteiger partial charge in [-0.25, -0.2) is 0 Å². The largest absolute Gasteiger partial charge is 0.416 e. The summed E-state index contributed by atoms with van der Waals surface area (Å²) in [6.07, 6.45) is 0.129. The first-order chi connectivity index (χ1) is 19.7. The van der Waals surface area contributed by atoms with E-state index in [9.17, 15) is 22.8 Å². The van der Waals surface area contributed by atoms with E-state index < -0.39 is 11.7 Å². The number of alkyl halides is 3. The predicted octanol–water partition coefficient (Wildman–Crippen LogP) is 6.99. The molecular formula is C32H34F3N3O2S. The van der Waals surface area contributed by atoms with E-state index in [0.29, 0.717) is 22.7 Å². The van der Waals surface area contributed by atoms with Crippen molar-refractivity contribution in [1.29, 1.82) is 0 Å². The molecule has 9 heteroatoms. The first kappa shape index (κ1) is 30.4. The number of unbranched alkanes of at least 4 members (excludes halogenated alkanes) is 1. The summed E-state index contributed by atoms with van der Waals surface area (Å²) >= 11 is 1.24. The summed E-state index contributed by atoms with van der Waals surface area (Å²) in [4.78, 5) is 31.3. The fourth-order valence-corrected chi connectivity index (χ4v) is 5.62. The summed E-state index contributed by atoms with van der Waals surface area (Å²) in [5.74, 6) is -0.630. The van der Waals surface area contributed by atoms with Crippen LogP contribution in [0, 0.1) is 0 Å². The van der Waals surface area contributed by atoms with Gasteiger partial charge in [0.25, 0.3) is 5.91 Å². The van der Waals surface area contributed by atoms with Crippen molar-refractivity contribution in [2.45, 2.75) is 43.8 Å². The van der Waals surface area contributed by atoms with Crippen LogP contribution in [0.15, 0.2) is 88.7 Å². The molecule has 4 rings (SSSR count). The van der Waals surface area contributed by atoms with Gasteiger partial charge in [0.1, 0.15) is 6.54 Å². The smallest absolute Gasteiger partial charge is 0.355 e. The number of fused-ring (bicyclic) bond motifs is 1. The number of thioether (sulfide) groups is 1. The van der Waals surface area contributed by atoms with Crippen LogP contribution >= 0.6 is 11.8 Å². The first-order valence-corrected chi connectivity index (χ1v) is 14.6. The summed E-state index contributed by atoms with van der Waals surface area (Å²) in [7, 11) is 0. The predicted molar refractivity (Wildman–Crippen MR) is 158 cm³/mol. The molecule has 2 amide bonds. The third-order valence-corrected chi connectivity index (χ3v) is 7.80. The van der Waals surface area contributed by atoms with Crippen LogP contribution in [0.25, 0.3) is 6.08 Å². The molecule has 41 heavy (non-hydrogen) atoms. The average molecular weight is 582 g/mol. The van der Waals surface area contributed by atoms with E-state index in [0.717, 1.165) is 55.9 Å². The third-order valence-electron chi connectivity index (χ3n) is 6.72. The Hall–Kier alpha value is -3.56. The number of benzene rings is 3. The number of carbonyl (C=O) groups is 2. The van der Waals surface area contributed by atoms with Gasteiger partial charge in [0, 0.05) is 24.5 Å². The fraction of sp³-hybridized carbons (Fsp3) is 0.312. The number of hydrogen-bond donors (Lipinski definition) is 1. The van der Waals surface area contributed by atoms with E-state index in [4.69, 9.17) is 0 Å². The maximum absolute atomic E-state index is 13.4. The summed E-state index contributed by atoms with van der Waals surface area (Å²) in [6.45, 7) is 5.21. The van der Waals surface area contributed by atoms with Gasteiger partial charge in [0.15, 0.2) is 0 Å². The second-order valence-corrected chi connectivity index (χ2v) is 11.0. The van der Waals surface area contributed by atoms with Crippen molar-refractivity contribution >= 4 is 35.3 Å². The Morgan fingerprint density at radius 1 is 0.951 bits per heavy atom. The zero-order chi connectivity index (χ0) is 29.2. The van der Waals surface area contributed by atoms with Crippen LogP contribution in [0.2, 0.25) is 0 Å². The number of halogens is 3. The molecule has 0 atom stereocenters. The number of nitrogens with one attached hydrogen (secondary N) is 1. The van der Waals surface area contributed by atoms with Crippen molar-refractivity contribution in [1.82, 2.24) is 10.2 Å². The number of anilines is 1. The van der Waals surface area contributed by atoms with Gasteiger partial charge in [0.05, 0.1) is 16.2 Å². The molecule has 0 aliphatic carbocycles. The molecular weight excluding hydrogens is 547 g/mol. The summed E-state index contributed by atoms with van der Waals surface area (Å²) < 4.78 is 38.8. The van der Waals surface area contributed by atoms with E-state index in [-0.39, 0.29) is 18.4 Å². The minimum absolute atomic E-state index is 0.148. The van der Waals surface area contributed by atoms with Crippen LogP contribution in [0.1, 0.15) is 42.9 Å². The van der Waals surface area contributed by atoms with Crippen molar-refractivity contribution in [3.63, 3.8) is 0 Å². The fourth-order valence-electron chi connectivity index (χ4n) is 4.56. The lowest BCUT2D eigenvalue weighted by molar-refractivity contribution is -0.137. The Kier molecular flexibility index (Phi) is 10.7. The number of amides is 2. The van der Waals surface area contributed by atoms with Crippen LogP contribution < -0.4 is 10.2 Å². The second kappa shape index (κ2) is 14.4. The Balaban J connectivity index is 1.37. The molecule has 1 heterocycles. The Morgan fingerprint density at radius 3 is 2.34 bits per heavy atom. The molecule has 0 aromatic heterocycles. The van der Waals surface area contributed by atoms with Gasteiger partial charge in [-0.3, -0.25) is 19.4 Å². The van der Waals surface area contributed by atoms with Crippen molar-refractivity contribution in [3.8, 4) is 0 Å². The zero-order valence-electron chi connectivity index (χ0n) is 23.0. The van der Waals surface area contributed by atoms with Crippen molar-refractivity contribution in [2.75, 3.05) is 31.1 Å². The standard InChI is InChI=1S/C32H34F3N3O2S/c1-2-3-19-37(22-25-10-5-4-6-11-25)20-9-18-36-30(39)23-38-27-12-7-8-13-28(27)41-29(31(38)40)21-24-14-16-26(17-15-24)32(33,34)35/h4-8,10-17,21H,2-3,9,18-20,22-23H2,1H3,(H,36,39)/b29-21-. The van der Waals surface area contributed by atoms with Gasteiger partial charge in [-0.2, -0.15) is 13.2 Å². The van der Waals surface area contributed by atoms with Crippen LogP contribution in [-0.4, -0.2) is 42.9 Å². The van der Waals surface area contributed by atoms with Crippen LogP contribution in [0.4, 0.5) is 18.9 Å². The van der Waals surface area contributed by atoms with Gasteiger partial charge in [-0.15, -0.1) is 0 Å². The highest BCUT2D eigenvalue weighted by Crippen LogP contribution is 2.42. The number of rotatable bonds is 12. The van der Waals surface area contributed by atoms with E-state index in [2.05, 4.69) is 29.3 Å². The molecule has 216 valence electrons. The summed E-state index contributed by atoms with van der Waals surface area (Å²) in [6, 6.07) is 22.3. The van der Waals surface area contributed by atoms with E-state index in [1.165, 1.54) is 34.4 Å². The molecule has 0 saturated carbocycles. The molecule has 3 aromatic rings. The van der Waals surface area contributed by atoms with E-state index in [1.54, 1.807) is 18.2 Å². The molecule has 0 radical (unpaired) electrons. The molecule has 0 unspecified atom stereocenters. The highest BCUT2D eigenvalue weighted by atomic mass is 32.2. The zero-order valence-corrected chi connectivity index (χ0v) is 23.8. The maximum Gasteiger partial charge on any atom is 0.416 e. The van der Waals surface area contributed by atoms with Gasteiger partial charge >= 0.3 is 6.18 Å². The third kappa shape index (κ3) is 8.71. The van der Waals surface area contributed by atoms with E-state index in [1.807, 2.05) is 30.3 Å². The van der Waals surface area contributed by atoms with E-state index >= 15 is 0 Å². The summed E-state index contributed by atoms with van der Waals surface area (Å²) in [5.41, 5.74) is 1.61. The lowest BCUT2D eigenvalue weighted by Crippen LogP contribution is -2.43. The highest BCUT2D eigenvalue weighted by molar-refractivity contribution is 8.04.